The summed E-state index contributed by atoms with van der Waals surface area (Å²) in [4.78, 5) is 30.9. The van der Waals surface area contributed by atoms with Crippen molar-refractivity contribution in [2.45, 2.75) is 19.4 Å². The van der Waals surface area contributed by atoms with E-state index < -0.39 is 6.04 Å². The summed E-state index contributed by atoms with van der Waals surface area (Å²) < 4.78 is 1.16. The van der Waals surface area contributed by atoms with Gasteiger partial charge in [0.15, 0.2) is 0 Å². The molecular weight excluding hydrogens is 378 g/mol. The molecule has 1 N–H and O–H groups in total. The van der Waals surface area contributed by atoms with E-state index in [1.165, 1.54) is 0 Å². The molecule has 138 valence electrons. The molecule has 0 radical (unpaired) electrons. The highest BCUT2D eigenvalue weighted by Crippen LogP contribution is 2.30. The minimum Gasteiger partial charge on any atom is -0.324 e. The van der Waals surface area contributed by atoms with Gasteiger partial charge < -0.3 is 10.2 Å². The average Bonchev–Trinajstić information content (AvgIpc) is 3.35. The van der Waals surface area contributed by atoms with Gasteiger partial charge in [-0.3, -0.25) is 9.59 Å². The first kappa shape index (κ1) is 18.0. The minimum atomic E-state index is -0.397. The van der Waals surface area contributed by atoms with Gasteiger partial charge in [-0.15, -0.1) is 23.1 Å². The van der Waals surface area contributed by atoms with Gasteiger partial charge in [-0.1, -0.05) is 19.1 Å². The first-order chi connectivity index (χ1) is 13.2. The lowest BCUT2D eigenvalue weighted by Gasteiger charge is -2.22. The molecule has 0 spiro atoms. The molecule has 0 aliphatic carbocycles. The van der Waals surface area contributed by atoms with Crippen molar-refractivity contribution in [1.82, 2.24) is 9.88 Å². The predicted octanol–water partition coefficient (Wildman–Crippen LogP) is 4.21. The first-order valence-corrected chi connectivity index (χ1v) is 10.8. The van der Waals surface area contributed by atoms with Gasteiger partial charge in [0.05, 0.1) is 16.1 Å². The second kappa shape index (κ2) is 7.70. The number of nitrogens with one attached hydrogen (secondary N) is 1. The number of hydrogen-bond acceptors (Lipinski definition) is 5. The lowest BCUT2D eigenvalue weighted by Crippen LogP contribution is -2.44. The molecule has 2 amide bonds. The molecule has 3 aromatic rings. The Morgan fingerprint density at radius 1 is 1.19 bits per heavy atom. The summed E-state index contributed by atoms with van der Waals surface area (Å²) in [6.07, 6.45) is 0.418. The van der Waals surface area contributed by atoms with Crippen LogP contribution in [0.25, 0.3) is 20.8 Å². The van der Waals surface area contributed by atoms with Gasteiger partial charge in [-0.25, -0.2) is 4.98 Å². The van der Waals surface area contributed by atoms with Gasteiger partial charge >= 0.3 is 0 Å². The number of anilines is 1. The van der Waals surface area contributed by atoms with Gasteiger partial charge in [-0.05, 0) is 36.4 Å². The zero-order valence-electron chi connectivity index (χ0n) is 14.8. The first-order valence-electron chi connectivity index (χ1n) is 8.80. The van der Waals surface area contributed by atoms with Crippen LogP contribution in [0.5, 0.6) is 0 Å². The largest absolute Gasteiger partial charge is 0.324 e. The molecule has 2 aromatic carbocycles. The van der Waals surface area contributed by atoms with Crippen molar-refractivity contribution >= 4 is 50.8 Å². The molecule has 27 heavy (non-hydrogen) atoms. The number of para-hydroxylation sites is 1. The molecule has 0 bridgehead atoms. The third kappa shape index (κ3) is 3.70. The maximum absolute atomic E-state index is 12.6. The van der Waals surface area contributed by atoms with E-state index in [1.807, 2.05) is 49.4 Å². The second-order valence-corrected chi connectivity index (χ2v) is 8.32. The van der Waals surface area contributed by atoms with Gasteiger partial charge in [-0.2, -0.15) is 0 Å². The van der Waals surface area contributed by atoms with Crippen LogP contribution >= 0.6 is 23.1 Å². The van der Waals surface area contributed by atoms with Gasteiger partial charge in [0.1, 0.15) is 11.0 Å². The van der Waals surface area contributed by atoms with E-state index in [1.54, 1.807) is 28.0 Å². The van der Waals surface area contributed by atoms with Crippen molar-refractivity contribution in [3.05, 3.63) is 48.5 Å². The number of fused-ring (bicyclic) bond motifs is 1. The van der Waals surface area contributed by atoms with E-state index in [-0.39, 0.29) is 11.8 Å². The molecule has 0 saturated carbocycles. The quantitative estimate of drug-likeness (QED) is 0.716. The summed E-state index contributed by atoms with van der Waals surface area (Å²) in [5, 5.41) is 3.89. The Balaban J connectivity index is 1.47. The topological polar surface area (TPSA) is 62.3 Å². The Labute approximate surface area is 165 Å². The molecule has 5 nitrogen and oxygen atoms in total. The lowest BCUT2D eigenvalue weighted by atomic mass is 10.2. The monoisotopic (exact) mass is 397 g/mol. The van der Waals surface area contributed by atoms with Crippen molar-refractivity contribution in [3.63, 3.8) is 0 Å². The molecule has 1 atom stereocenters. The smallest absolute Gasteiger partial charge is 0.248 e. The molecule has 4 rings (SSSR count). The number of carbonyl (C=O) groups excluding carboxylic acids is 2. The molecular formula is C20H19N3O2S2. The van der Waals surface area contributed by atoms with E-state index in [4.69, 9.17) is 0 Å². The number of nitrogens with zero attached hydrogens (tertiary/aromatic N) is 2. The van der Waals surface area contributed by atoms with Crippen molar-refractivity contribution in [2.24, 2.45) is 0 Å². The number of amides is 2. The van der Waals surface area contributed by atoms with E-state index in [9.17, 15) is 9.59 Å². The highest BCUT2D eigenvalue weighted by atomic mass is 32.2. The number of thiazole rings is 1. The summed E-state index contributed by atoms with van der Waals surface area (Å²) >= 11 is 3.26. The minimum absolute atomic E-state index is 0.0198. The van der Waals surface area contributed by atoms with E-state index >= 15 is 0 Å². The molecule has 2 heterocycles. The molecule has 1 aromatic heterocycles. The van der Waals surface area contributed by atoms with Gasteiger partial charge in [0.2, 0.25) is 11.8 Å². The maximum Gasteiger partial charge on any atom is 0.248 e. The van der Waals surface area contributed by atoms with Gasteiger partial charge in [0.25, 0.3) is 0 Å². The van der Waals surface area contributed by atoms with Crippen LogP contribution in [-0.4, -0.2) is 39.4 Å². The molecule has 1 fully saturated rings. The Morgan fingerprint density at radius 3 is 2.70 bits per heavy atom. The average molecular weight is 398 g/mol. The van der Waals surface area contributed by atoms with Crippen LogP contribution in [0.15, 0.2) is 48.5 Å². The number of carbonyl (C=O) groups is 2. The van der Waals surface area contributed by atoms with Crippen LogP contribution in [-0.2, 0) is 9.59 Å². The number of thioether (sulfide) groups is 1. The Kier molecular flexibility index (Phi) is 5.13. The zero-order valence-corrected chi connectivity index (χ0v) is 16.5. The van der Waals surface area contributed by atoms with Crippen molar-refractivity contribution in [3.8, 4) is 10.6 Å². The Hall–Kier alpha value is -2.38. The second-order valence-electron chi connectivity index (χ2n) is 6.29. The van der Waals surface area contributed by atoms with Gasteiger partial charge in [0, 0.05) is 23.4 Å². The molecule has 1 saturated heterocycles. The van der Waals surface area contributed by atoms with Crippen LogP contribution in [0, 0.1) is 0 Å². The van der Waals surface area contributed by atoms with Crippen LogP contribution in [0.4, 0.5) is 5.69 Å². The van der Waals surface area contributed by atoms with Crippen LogP contribution < -0.4 is 5.32 Å². The summed E-state index contributed by atoms with van der Waals surface area (Å²) in [5.74, 6) is 1.11. The van der Waals surface area contributed by atoms with Crippen molar-refractivity contribution in [2.75, 3.05) is 16.9 Å². The SMILES string of the molecule is CCC(=O)N1CSCC1C(=O)Nc1ccc(-c2nc3ccccc3s2)cc1. The fourth-order valence-corrected chi connectivity index (χ4v) is 5.18. The molecule has 1 aliphatic heterocycles. The molecule has 1 aliphatic rings. The van der Waals surface area contributed by atoms with E-state index in [2.05, 4.69) is 16.4 Å². The Morgan fingerprint density at radius 2 is 1.96 bits per heavy atom. The van der Waals surface area contributed by atoms with Crippen molar-refractivity contribution < 1.29 is 9.59 Å². The third-order valence-electron chi connectivity index (χ3n) is 4.50. The number of aromatic nitrogens is 1. The summed E-state index contributed by atoms with van der Waals surface area (Å²) in [6, 6.07) is 15.4. The molecule has 7 heteroatoms. The highest BCUT2D eigenvalue weighted by molar-refractivity contribution is 7.99. The Bertz CT molecular complexity index is 951. The summed E-state index contributed by atoms with van der Waals surface area (Å²) in [6.45, 7) is 1.82. The third-order valence-corrected chi connectivity index (χ3v) is 6.60. The van der Waals surface area contributed by atoms with Crippen LogP contribution in [0.3, 0.4) is 0 Å². The summed E-state index contributed by atoms with van der Waals surface area (Å²) in [5.41, 5.74) is 2.74. The highest BCUT2D eigenvalue weighted by Gasteiger charge is 2.33. The number of rotatable bonds is 4. The summed E-state index contributed by atoms with van der Waals surface area (Å²) in [7, 11) is 0. The number of hydrogen-bond donors (Lipinski definition) is 1. The van der Waals surface area contributed by atoms with Crippen LogP contribution in [0.2, 0.25) is 0 Å². The zero-order chi connectivity index (χ0) is 18.8. The number of benzene rings is 2. The predicted molar refractivity (Wildman–Crippen MR) is 112 cm³/mol. The van der Waals surface area contributed by atoms with Crippen LogP contribution in [0.1, 0.15) is 13.3 Å². The maximum atomic E-state index is 12.6. The normalized spacial score (nSPS) is 16.6. The van der Waals surface area contributed by atoms with E-state index in [0.717, 1.165) is 26.5 Å². The fraction of sp³-hybridized carbons (Fsp3) is 0.250. The van der Waals surface area contributed by atoms with E-state index in [0.29, 0.717) is 18.1 Å². The fourth-order valence-electron chi connectivity index (χ4n) is 3.03. The lowest BCUT2D eigenvalue weighted by molar-refractivity contribution is -0.135. The standard InChI is InChI=1S/C20H19N3O2S2/c1-2-18(24)23-12-26-11-16(23)19(25)21-14-9-7-13(8-10-14)20-22-15-5-3-4-6-17(15)27-20/h3-10,16H,2,11-12H2,1H3,(H,21,25). The van der Waals surface area contributed by atoms with Crippen molar-refractivity contribution in [1.29, 1.82) is 0 Å². The molecule has 1 unspecified atom stereocenters.